The summed E-state index contributed by atoms with van der Waals surface area (Å²) in [4.78, 5) is 4.28. The molecule has 0 radical (unpaired) electrons. The van der Waals surface area contributed by atoms with E-state index >= 15 is 0 Å². The molecule has 6 heteroatoms. The molecule has 0 fully saturated rings. The van der Waals surface area contributed by atoms with E-state index in [1.807, 2.05) is 0 Å². The Bertz CT molecular complexity index is 658. The summed E-state index contributed by atoms with van der Waals surface area (Å²) in [7, 11) is 0. The lowest BCUT2D eigenvalue weighted by Gasteiger charge is -1.85. The predicted octanol–water partition coefficient (Wildman–Crippen LogP) is 2.45. The maximum atomic E-state index is 5.86. The summed E-state index contributed by atoms with van der Waals surface area (Å²) in [6.45, 7) is 0. The number of hydrogen-bond acceptors (Lipinski definition) is 4. The van der Waals surface area contributed by atoms with Gasteiger partial charge in [0.05, 0.1) is 0 Å². The van der Waals surface area contributed by atoms with Gasteiger partial charge in [-0.15, -0.1) is 0 Å². The maximum absolute atomic E-state index is 5.86. The number of nitrogens with zero attached hydrogens (tertiary/aromatic N) is 2. The van der Waals surface area contributed by atoms with E-state index in [0.717, 1.165) is 0 Å². The van der Waals surface area contributed by atoms with Gasteiger partial charge in [0.2, 0.25) is 5.89 Å². The Morgan fingerprint density at radius 1 is 1.31 bits per heavy atom. The van der Waals surface area contributed by atoms with Gasteiger partial charge in [-0.25, -0.2) is 4.98 Å². The zero-order valence-electron chi connectivity index (χ0n) is 8.07. The van der Waals surface area contributed by atoms with Crippen molar-refractivity contribution < 1.29 is 4.42 Å². The molecule has 0 amide bonds. The minimum absolute atomic E-state index is 0.398. The highest BCUT2D eigenvalue weighted by Crippen LogP contribution is 2.25. The van der Waals surface area contributed by atoms with Crippen molar-refractivity contribution in [3.05, 3.63) is 29.3 Å². The molecule has 0 unspecified atom stereocenters. The first-order valence-corrected chi connectivity index (χ1v) is 4.97. The molecule has 0 bridgehead atoms. The Labute approximate surface area is 95.2 Å². The highest BCUT2D eigenvalue weighted by atomic mass is 35.5. The highest BCUT2D eigenvalue weighted by molar-refractivity contribution is 6.31. The van der Waals surface area contributed by atoms with Crippen molar-refractivity contribution in [2.45, 2.75) is 0 Å². The first kappa shape index (κ1) is 9.23. The van der Waals surface area contributed by atoms with Crippen LogP contribution in [0.15, 0.2) is 28.7 Å². The number of aromatic amines is 1. The number of H-pyrrole nitrogens is 1. The van der Waals surface area contributed by atoms with E-state index in [-0.39, 0.29) is 0 Å². The lowest BCUT2D eigenvalue weighted by atomic mass is 10.3. The van der Waals surface area contributed by atoms with E-state index in [1.54, 1.807) is 24.3 Å². The number of hydrogen-bond donors (Lipinski definition) is 2. The summed E-state index contributed by atoms with van der Waals surface area (Å²) in [5.74, 6) is 0.844. The molecule has 1 aromatic carbocycles. The zero-order chi connectivity index (χ0) is 11.1. The van der Waals surface area contributed by atoms with E-state index in [1.165, 1.54) is 0 Å². The number of nitrogens with one attached hydrogen (secondary N) is 1. The summed E-state index contributed by atoms with van der Waals surface area (Å²) in [5.41, 5.74) is 7.52. The van der Waals surface area contributed by atoms with Crippen molar-refractivity contribution in [1.29, 1.82) is 0 Å². The molecule has 3 N–H and O–H groups in total. The van der Waals surface area contributed by atoms with Crippen LogP contribution in [0.5, 0.6) is 0 Å². The third-order valence-corrected chi connectivity index (χ3v) is 2.41. The minimum Gasteiger partial charge on any atom is -0.435 e. The smallest absolute Gasteiger partial charge is 0.245 e. The average molecular weight is 235 g/mol. The molecular formula is C10H7ClN4O. The topological polar surface area (TPSA) is 80.7 Å². The summed E-state index contributed by atoms with van der Waals surface area (Å²) in [6, 6.07) is 6.92. The molecule has 0 aliphatic rings. The van der Waals surface area contributed by atoms with Gasteiger partial charge in [0.1, 0.15) is 17.0 Å². The van der Waals surface area contributed by atoms with Crippen LogP contribution < -0.4 is 5.73 Å². The molecule has 0 aliphatic heterocycles. The number of benzene rings is 1. The van der Waals surface area contributed by atoms with Gasteiger partial charge in [-0.05, 0) is 18.2 Å². The summed E-state index contributed by atoms with van der Waals surface area (Å²) < 4.78 is 5.53. The van der Waals surface area contributed by atoms with Gasteiger partial charge in [0, 0.05) is 11.1 Å². The third-order valence-electron chi connectivity index (χ3n) is 2.18. The van der Waals surface area contributed by atoms with Crippen LogP contribution in [-0.2, 0) is 0 Å². The van der Waals surface area contributed by atoms with Gasteiger partial charge in [-0.1, -0.05) is 11.6 Å². The maximum Gasteiger partial charge on any atom is 0.245 e. The quantitative estimate of drug-likeness (QED) is 0.678. The molecule has 16 heavy (non-hydrogen) atoms. The van der Waals surface area contributed by atoms with Crippen LogP contribution in [0.25, 0.3) is 22.7 Å². The van der Waals surface area contributed by atoms with E-state index in [9.17, 15) is 0 Å². The number of halogens is 1. The summed E-state index contributed by atoms with van der Waals surface area (Å²) >= 11 is 5.86. The van der Waals surface area contributed by atoms with Crippen molar-refractivity contribution in [2.75, 3.05) is 5.73 Å². The molecule has 0 spiro atoms. The van der Waals surface area contributed by atoms with Crippen molar-refractivity contribution >= 4 is 28.5 Å². The molecule has 5 nitrogen and oxygen atoms in total. The normalized spacial score (nSPS) is 11.1. The van der Waals surface area contributed by atoms with Crippen LogP contribution in [0.2, 0.25) is 5.02 Å². The third kappa shape index (κ3) is 1.42. The van der Waals surface area contributed by atoms with Crippen LogP contribution in [0.4, 0.5) is 5.82 Å². The standard InChI is InChI=1S/C10H7ClN4O/c11-5-1-2-8-6(3-5)13-10(16-8)7-4-9(12)15-14-7/h1-4H,(H3,12,14,15). The Balaban J connectivity index is 2.18. The predicted molar refractivity (Wildman–Crippen MR) is 61.0 cm³/mol. The Hall–Kier alpha value is -2.01. The van der Waals surface area contributed by atoms with Gasteiger partial charge < -0.3 is 10.2 Å². The van der Waals surface area contributed by atoms with E-state index in [2.05, 4.69) is 15.2 Å². The fourth-order valence-corrected chi connectivity index (χ4v) is 1.63. The van der Waals surface area contributed by atoms with Gasteiger partial charge in [0.25, 0.3) is 0 Å². The number of nitrogen functional groups attached to an aromatic ring is 1. The molecule has 0 saturated heterocycles. The SMILES string of the molecule is Nc1cc(-c2nc3cc(Cl)ccc3o2)[nH]n1. The molecule has 0 saturated carbocycles. The first-order valence-electron chi connectivity index (χ1n) is 4.60. The molecule has 80 valence electrons. The Morgan fingerprint density at radius 3 is 2.94 bits per heavy atom. The molecule has 0 aliphatic carbocycles. The average Bonchev–Trinajstić information content (AvgIpc) is 2.83. The zero-order valence-corrected chi connectivity index (χ0v) is 8.82. The van der Waals surface area contributed by atoms with Gasteiger partial charge >= 0.3 is 0 Å². The Morgan fingerprint density at radius 2 is 2.19 bits per heavy atom. The fraction of sp³-hybridized carbons (Fsp3) is 0. The largest absolute Gasteiger partial charge is 0.435 e. The lowest BCUT2D eigenvalue weighted by Crippen LogP contribution is -1.81. The highest BCUT2D eigenvalue weighted by Gasteiger charge is 2.10. The van der Waals surface area contributed by atoms with Crippen LogP contribution in [-0.4, -0.2) is 15.2 Å². The molecule has 0 atom stereocenters. The molecule has 3 rings (SSSR count). The lowest BCUT2D eigenvalue weighted by molar-refractivity contribution is 0.616. The van der Waals surface area contributed by atoms with Gasteiger partial charge in [-0.3, -0.25) is 5.10 Å². The Kier molecular flexibility index (Phi) is 1.87. The number of anilines is 1. The van der Waals surface area contributed by atoms with Gasteiger partial charge in [-0.2, -0.15) is 5.10 Å². The number of oxazole rings is 1. The number of nitrogens with two attached hydrogens (primary N) is 1. The van der Waals surface area contributed by atoms with Crippen molar-refractivity contribution in [3.63, 3.8) is 0 Å². The molecule has 2 heterocycles. The number of rotatable bonds is 1. The van der Waals surface area contributed by atoms with Crippen LogP contribution in [0.3, 0.4) is 0 Å². The van der Waals surface area contributed by atoms with Gasteiger partial charge in [0.15, 0.2) is 5.58 Å². The van der Waals surface area contributed by atoms with Crippen molar-refractivity contribution in [3.8, 4) is 11.6 Å². The van der Waals surface area contributed by atoms with E-state index < -0.39 is 0 Å². The molecule has 3 aromatic rings. The van der Waals surface area contributed by atoms with Crippen molar-refractivity contribution in [2.24, 2.45) is 0 Å². The van der Waals surface area contributed by atoms with Crippen LogP contribution in [0.1, 0.15) is 0 Å². The second kappa shape index (κ2) is 3.24. The molecular weight excluding hydrogens is 228 g/mol. The van der Waals surface area contributed by atoms with E-state index in [0.29, 0.717) is 33.5 Å². The first-order chi connectivity index (χ1) is 7.72. The summed E-state index contributed by atoms with van der Waals surface area (Å²) in [6.07, 6.45) is 0. The summed E-state index contributed by atoms with van der Waals surface area (Å²) in [5, 5.41) is 7.16. The fourth-order valence-electron chi connectivity index (χ4n) is 1.46. The molecule has 2 aromatic heterocycles. The minimum atomic E-state index is 0.398. The number of aromatic nitrogens is 3. The second-order valence-corrected chi connectivity index (χ2v) is 3.77. The monoisotopic (exact) mass is 234 g/mol. The number of fused-ring (bicyclic) bond motifs is 1. The van der Waals surface area contributed by atoms with Crippen LogP contribution in [0, 0.1) is 0 Å². The van der Waals surface area contributed by atoms with E-state index in [4.69, 9.17) is 21.8 Å². The van der Waals surface area contributed by atoms with Crippen molar-refractivity contribution in [1.82, 2.24) is 15.2 Å². The second-order valence-electron chi connectivity index (χ2n) is 3.34. The van der Waals surface area contributed by atoms with Crippen LogP contribution >= 0.6 is 11.6 Å².